The predicted octanol–water partition coefficient (Wildman–Crippen LogP) is 0.349. The van der Waals surface area contributed by atoms with E-state index in [0.29, 0.717) is 0 Å². The molecule has 8 heteroatoms. The lowest BCUT2D eigenvalue weighted by molar-refractivity contribution is -0.157. The predicted molar refractivity (Wildman–Crippen MR) is 53.9 cm³/mol. The fraction of sp³-hybridized carbons (Fsp3) is 0.750. The molecule has 94 valence electrons. The van der Waals surface area contributed by atoms with Crippen LogP contribution in [0.4, 0.5) is 0 Å². The standard InChI is InChI=1S/C8H15O7P/c1-8(2,3)15-7(11)5(4-6(9)10)16(12,13)14/h5H,4H2,1-3H3,(H,9,10)(H2,12,13,14). The molecule has 0 aromatic carbocycles. The van der Waals surface area contributed by atoms with Crippen LogP contribution in [0.1, 0.15) is 27.2 Å². The van der Waals surface area contributed by atoms with Crippen molar-refractivity contribution in [2.75, 3.05) is 0 Å². The van der Waals surface area contributed by atoms with Crippen LogP contribution in [0.15, 0.2) is 0 Å². The maximum atomic E-state index is 11.4. The minimum Gasteiger partial charge on any atom is -0.481 e. The Kier molecular flexibility index (Phi) is 4.67. The summed E-state index contributed by atoms with van der Waals surface area (Å²) < 4.78 is 15.7. The fourth-order valence-corrected chi connectivity index (χ4v) is 1.60. The van der Waals surface area contributed by atoms with Crippen LogP contribution < -0.4 is 0 Å². The normalized spacial score (nSPS) is 14.3. The van der Waals surface area contributed by atoms with E-state index in [-0.39, 0.29) is 0 Å². The Hall–Kier alpha value is -0.910. The summed E-state index contributed by atoms with van der Waals surface area (Å²) in [6, 6.07) is 0. The van der Waals surface area contributed by atoms with Crippen molar-refractivity contribution in [2.24, 2.45) is 0 Å². The number of esters is 1. The molecule has 0 fully saturated rings. The van der Waals surface area contributed by atoms with E-state index >= 15 is 0 Å². The van der Waals surface area contributed by atoms with Crippen molar-refractivity contribution in [3.63, 3.8) is 0 Å². The van der Waals surface area contributed by atoms with Crippen LogP contribution in [0, 0.1) is 0 Å². The molecule has 0 aliphatic rings. The summed E-state index contributed by atoms with van der Waals surface area (Å²) >= 11 is 0. The van der Waals surface area contributed by atoms with E-state index in [9.17, 15) is 14.2 Å². The maximum absolute atomic E-state index is 11.4. The molecule has 0 saturated carbocycles. The number of aliphatic carboxylic acids is 1. The Morgan fingerprint density at radius 2 is 1.75 bits per heavy atom. The van der Waals surface area contributed by atoms with Gasteiger partial charge in [0.15, 0.2) is 5.66 Å². The van der Waals surface area contributed by atoms with Crippen LogP contribution in [0.2, 0.25) is 0 Å². The molecule has 0 aromatic rings. The highest BCUT2D eigenvalue weighted by atomic mass is 31.2. The lowest BCUT2D eigenvalue weighted by Gasteiger charge is -2.23. The van der Waals surface area contributed by atoms with Crippen molar-refractivity contribution in [1.29, 1.82) is 0 Å². The maximum Gasteiger partial charge on any atom is 0.340 e. The first-order valence-corrected chi connectivity index (χ1v) is 6.11. The summed E-state index contributed by atoms with van der Waals surface area (Å²) in [6.07, 6.45) is -0.959. The van der Waals surface area contributed by atoms with Gasteiger partial charge in [-0.05, 0) is 20.8 Å². The molecule has 0 rings (SSSR count). The molecule has 0 spiro atoms. The minimum atomic E-state index is -4.83. The molecule has 0 heterocycles. The van der Waals surface area contributed by atoms with E-state index in [0.717, 1.165) is 0 Å². The third-order valence-electron chi connectivity index (χ3n) is 1.45. The second kappa shape index (κ2) is 4.95. The highest BCUT2D eigenvalue weighted by molar-refractivity contribution is 7.53. The quantitative estimate of drug-likeness (QED) is 0.488. The van der Waals surface area contributed by atoms with Crippen molar-refractivity contribution in [3.8, 4) is 0 Å². The smallest absolute Gasteiger partial charge is 0.340 e. The van der Waals surface area contributed by atoms with Crippen molar-refractivity contribution < 1.29 is 33.8 Å². The van der Waals surface area contributed by atoms with Gasteiger partial charge in [-0.2, -0.15) is 0 Å². The average molecular weight is 254 g/mol. The largest absolute Gasteiger partial charge is 0.481 e. The molecule has 0 amide bonds. The van der Waals surface area contributed by atoms with E-state index in [1.54, 1.807) is 0 Å². The van der Waals surface area contributed by atoms with Gasteiger partial charge in [0.1, 0.15) is 5.60 Å². The van der Waals surface area contributed by atoms with Crippen molar-refractivity contribution in [3.05, 3.63) is 0 Å². The number of hydrogen-bond donors (Lipinski definition) is 3. The van der Waals surface area contributed by atoms with Gasteiger partial charge in [-0.25, -0.2) is 0 Å². The molecule has 1 unspecified atom stereocenters. The molecule has 0 aromatic heterocycles. The zero-order valence-corrected chi connectivity index (χ0v) is 10.1. The third kappa shape index (κ3) is 5.85. The molecule has 3 N–H and O–H groups in total. The number of hydrogen-bond acceptors (Lipinski definition) is 4. The molecule has 0 aliphatic heterocycles. The summed E-state index contributed by atoms with van der Waals surface area (Å²) in [5, 5.41) is 8.44. The van der Waals surface area contributed by atoms with Gasteiger partial charge in [0.2, 0.25) is 0 Å². The second-order valence-corrected chi connectivity index (χ2v) is 6.04. The van der Waals surface area contributed by atoms with E-state index in [4.69, 9.17) is 19.6 Å². The van der Waals surface area contributed by atoms with Gasteiger partial charge in [-0.15, -0.1) is 0 Å². The summed E-state index contributed by atoms with van der Waals surface area (Å²) in [5.74, 6) is -2.68. The Bertz CT molecular complexity index is 324. The van der Waals surface area contributed by atoms with Crippen LogP contribution >= 0.6 is 7.60 Å². The topological polar surface area (TPSA) is 121 Å². The van der Waals surface area contributed by atoms with E-state index in [1.807, 2.05) is 0 Å². The van der Waals surface area contributed by atoms with Gasteiger partial charge in [0.05, 0.1) is 6.42 Å². The molecule has 1 atom stereocenters. The fourth-order valence-electron chi connectivity index (χ4n) is 0.875. The van der Waals surface area contributed by atoms with Gasteiger partial charge in [-0.3, -0.25) is 14.2 Å². The van der Waals surface area contributed by atoms with Crippen LogP contribution in [0.25, 0.3) is 0 Å². The Labute approximate surface area is 92.6 Å². The average Bonchev–Trinajstić information content (AvgIpc) is 1.93. The molecule has 0 bridgehead atoms. The molecular weight excluding hydrogens is 239 g/mol. The highest BCUT2D eigenvalue weighted by Gasteiger charge is 2.40. The van der Waals surface area contributed by atoms with Crippen LogP contribution in [-0.4, -0.2) is 38.1 Å². The monoisotopic (exact) mass is 254 g/mol. The van der Waals surface area contributed by atoms with Gasteiger partial charge in [-0.1, -0.05) is 0 Å². The third-order valence-corrected chi connectivity index (χ3v) is 2.66. The molecule has 7 nitrogen and oxygen atoms in total. The lowest BCUT2D eigenvalue weighted by atomic mass is 10.2. The summed E-state index contributed by atoms with van der Waals surface area (Å²) in [5.41, 5.74) is -2.88. The number of carbonyl (C=O) groups is 2. The van der Waals surface area contributed by atoms with Crippen molar-refractivity contribution in [2.45, 2.75) is 38.5 Å². The zero-order chi connectivity index (χ0) is 13.1. The molecular formula is C8H15O7P. The van der Waals surface area contributed by atoms with Gasteiger partial charge in [0.25, 0.3) is 0 Å². The van der Waals surface area contributed by atoms with Crippen LogP contribution in [0.3, 0.4) is 0 Å². The van der Waals surface area contributed by atoms with Gasteiger partial charge in [0, 0.05) is 0 Å². The van der Waals surface area contributed by atoms with E-state index in [1.165, 1.54) is 20.8 Å². The van der Waals surface area contributed by atoms with Gasteiger partial charge >= 0.3 is 19.5 Å². The molecule has 0 aliphatic carbocycles. The number of carboxylic acids is 1. The number of rotatable bonds is 4. The first-order valence-electron chi connectivity index (χ1n) is 4.43. The minimum absolute atomic E-state index is 0.928. The SMILES string of the molecule is CC(C)(C)OC(=O)C(CC(=O)O)P(=O)(O)O. The van der Waals surface area contributed by atoms with Crippen molar-refractivity contribution >= 4 is 19.5 Å². The number of carboxylic acid groups (broad SMARTS) is 1. The Morgan fingerprint density at radius 3 is 2.00 bits per heavy atom. The van der Waals surface area contributed by atoms with Crippen LogP contribution in [-0.2, 0) is 18.9 Å². The summed E-state index contributed by atoms with van der Waals surface area (Å²) in [7, 11) is -4.83. The highest BCUT2D eigenvalue weighted by Crippen LogP contribution is 2.44. The number of ether oxygens (including phenoxy) is 1. The zero-order valence-electron chi connectivity index (χ0n) is 9.21. The lowest BCUT2D eigenvalue weighted by Crippen LogP contribution is -2.33. The molecule has 0 radical (unpaired) electrons. The Morgan fingerprint density at radius 1 is 1.31 bits per heavy atom. The Balaban J connectivity index is 4.85. The van der Waals surface area contributed by atoms with E-state index < -0.39 is 37.2 Å². The molecule has 0 saturated heterocycles. The van der Waals surface area contributed by atoms with E-state index in [2.05, 4.69) is 0 Å². The summed E-state index contributed by atoms with van der Waals surface area (Å²) in [4.78, 5) is 39.4. The first kappa shape index (κ1) is 15.1. The second-order valence-electron chi connectivity index (χ2n) is 4.24. The summed E-state index contributed by atoms with van der Waals surface area (Å²) in [6.45, 7) is 4.55. The first-order chi connectivity index (χ1) is 6.93. The van der Waals surface area contributed by atoms with Crippen molar-refractivity contribution in [1.82, 2.24) is 0 Å². The number of carbonyl (C=O) groups excluding carboxylic acids is 1. The molecule has 16 heavy (non-hydrogen) atoms. The van der Waals surface area contributed by atoms with Gasteiger partial charge < -0.3 is 19.6 Å². The van der Waals surface area contributed by atoms with Crippen LogP contribution in [0.5, 0.6) is 0 Å².